The predicted molar refractivity (Wildman–Crippen MR) is 76.4 cm³/mol. The summed E-state index contributed by atoms with van der Waals surface area (Å²) in [5.74, 6) is -0.187. The van der Waals surface area contributed by atoms with Crippen LogP contribution in [0.3, 0.4) is 0 Å². The van der Waals surface area contributed by atoms with Crippen molar-refractivity contribution in [2.24, 2.45) is 0 Å². The highest BCUT2D eigenvalue weighted by Crippen LogP contribution is 2.20. The number of likely N-dealkylation sites (N-methyl/N-ethyl adjacent to an activating group) is 1. The molecule has 0 aliphatic carbocycles. The molecule has 2 nitrogen and oxygen atoms in total. The van der Waals surface area contributed by atoms with Gasteiger partial charge in [0.2, 0.25) is 0 Å². The van der Waals surface area contributed by atoms with Crippen molar-refractivity contribution in [2.75, 3.05) is 14.2 Å². The molecule has 4 heteroatoms. The third kappa shape index (κ3) is 5.04. The molecule has 0 spiro atoms. The minimum atomic E-state index is -0.187. The third-order valence-corrected chi connectivity index (χ3v) is 3.98. The number of nitrogens with one attached hydrogen (secondary N) is 1. The van der Waals surface area contributed by atoms with Crippen LogP contribution in [-0.2, 0) is 11.2 Å². The summed E-state index contributed by atoms with van der Waals surface area (Å²) in [5.41, 5.74) is 0.999. The first-order chi connectivity index (χ1) is 8.56. The second-order valence-electron chi connectivity index (χ2n) is 4.55. The van der Waals surface area contributed by atoms with Crippen molar-refractivity contribution in [3.8, 4) is 0 Å². The van der Waals surface area contributed by atoms with Gasteiger partial charge in [0.05, 0.1) is 6.10 Å². The number of halogens is 2. The summed E-state index contributed by atoms with van der Waals surface area (Å²) in [5, 5.41) is 3.28. The van der Waals surface area contributed by atoms with Crippen molar-refractivity contribution in [1.29, 1.82) is 0 Å². The number of methoxy groups -OCH3 is 1. The summed E-state index contributed by atoms with van der Waals surface area (Å²) >= 11 is 3.46. The van der Waals surface area contributed by atoms with Gasteiger partial charge in [-0.05, 0) is 57.0 Å². The fraction of sp³-hybridized carbons (Fsp3) is 0.571. The van der Waals surface area contributed by atoms with E-state index in [9.17, 15) is 4.39 Å². The lowest BCUT2D eigenvalue weighted by atomic mass is 10.0. The van der Waals surface area contributed by atoms with Crippen LogP contribution in [0, 0.1) is 5.82 Å². The molecule has 1 rings (SSSR count). The summed E-state index contributed by atoms with van der Waals surface area (Å²) in [6.07, 6.45) is 3.08. The summed E-state index contributed by atoms with van der Waals surface area (Å²) in [4.78, 5) is 0. The molecule has 0 bridgehead atoms. The Kier molecular flexibility index (Phi) is 6.82. The highest BCUT2D eigenvalue weighted by molar-refractivity contribution is 9.10. The first-order valence-corrected chi connectivity index (χ1v) is 7.00. The second-order valence-corrected chi connectivity index (χ2v) is 5.40. The molecule has 0 aliphatic heterocycles. The van der Waals surface area contributed by atoms with E-state index in [2.05, 4.69) is 28.2 Å². The van der Waals surface area contributed by atoms with E-state index in [0.717, 1.165) is 29.3 Å². The first-order valence-electron chi connectivity index (χ1n) is 6.20. The van der Waals surface area contributed by atoms with Crippen LogP contribution in [0.2, 0.25) is 0 Å². The maximum absolute atomic E-state index is 13.2. The van der Waals surface area contributed by atoms with Crippen LogP contribution < -0.4 is 5.32 Å². The number of rotatable bonds is 7. The minimum Gasteiger partial charge on any atom is -0.382 e. The van der Waals surface area contributed by atoms with E-state index in [0.29, 0.717) is 6.04 Å². The molecule has 1 aromatic carbocycles. The largest absolute Gasteiger partial charge is 0.382 e. The Morgan fingerprint density at radius 1 is 1.39 bits per heavy atom. The molecule has 102 valence electrons. The number of hydrogen-bond donors (Lipinski definition) is 1. The smallest absolute Gasteiger partial charge is 0.123 e. The summed E-state index contributed by atoms with van der Waals surface area (Å²) in [7, 11) is 3.66. The molecule has 0 saturated heterocycles. The van der Waals surface area contributed by atoms with E-state index in [1.807, 2.05) is 7.05 Å². The second kappa shape index (κ2) is 7.87. The van der Waals surface area contributed by atoms with Crippen molar-refractivity contribution < 1.29 is 9.13 Å². The van der Waals surface area contributed by atoms with Gasteiger partial charge in [0.25, 0.3) is 0 Å². The van der Waals surface area contributed by atoms with Gasteiger partial charge in [0.15, 0.2) is 0 Å². The Hall–Kier alpha value is -0.450. The molecule has 0 aliphatic rings. The highest BCUT2D eigenvalue weighted by atomic mass is 79.9. The average Bonchev–Trinajstić information content (AvgIpc) is 2.37. The first kappa shape index (κ1) is 15.6. The van der Waals surface area contributed by atoms with Crippen LogP contribution in [0.25, 0.3) is 0 Å². The molecule has 18 heavy (non-hydrogen) atoms. The Labute approximate surface area is 117 Å². The monoisotopic (exact) mass is 317 g/mol. The van der Waals surface area contributed by atoms with Gasteiger partial charge in [-0.15, -0.1) is 0 Å². The lowest BCUT2D eigenvalue weighted by Gasteiger charge is -2.19. The van der Waals surface area contributed by atoms with Gasteiger partial charge in [-0.2, -0.15) is 0 Å². The van der Waals surface area contributed by atoms with E-state index >= 15 is 0 Å². The summed E-state index contributed by atoms with van der Waals surface area (Å²) in [6.45, 7) is 2.06. The molecule has 2 atom stereocenters. The van der Waals surface area contributed by atoms with Crippen molar-refractivity contribution in [3.05, 3.63) is 34.1 Å². The van der Waals surface area contributed by atoms with Crippen molar-refractivity contribution >= 4 is 15.9 Å². The maximum Gasteiger partial charge on any atom is 0.123 e. The maximum atomic E-state index is 13.2. The fourth-order valence-electron chi connectivity index (χ4n) is 1.87. The van der Waals surface area contributed by atoms with E-state index in [-0.39, 0.29) is 11.9 Å². The van der Waals surface area contributed by atoms with Gasteiger partial charge >= 0.3 is 0 Å². The molecule has 0 amide bonds. The van der Waals surface area contributed by atoms with E-state index in [1.54, 1.807) is 19.2 Å². The predicted octanol–water partition coefficient (Wildman–Crippen LogP) is 3.53. The topological polar surface area (TPSA) is 21.3 Å². The Morgan fingerprint density at radius 3 is 2.72 bits per heavy atom. The van der Waals surface area contributed by atoms with Crippen LogP contribution in [-0.4, -0.2) is 26.3 Å². The summed E-state index contributed by atoms with van der Waals surface area (Å²) in [6, 6.07) is 5.15. The van der Waals surface area contributed by atoms with Crippen molar-refractivity contribution in [3.63, 3.8) is 0 Å². The van der Waals surface area contributed by atoms with Crippen LogP contribution in [0.4, 0.5) is 4.39 Å². The van der Waals surface area contributed by atoms with Crippen molar-refractivity contribution in [2.45, 2.75) is 38.3 Å². The highest BCUT2D eigenvalue weighted by Gasteiger charge is 2.12. The van der Waals surface area contributed by atoms with Crippen molar-refractivity contribution in [1.82, 2.24) is 5.32 Å². The number of benzene rings is 1. The molecule has 2 unspecified atom stereocenters. The van der Waals surface area contributed by atoms with Gasteiger partial charge < -0.3 is 10.1 Å². The number of hydrogen-bond acceptors (Lipinski definition) is 2. The Morgan fingerprint density at radius 2 is 2.11 bits per heavy atom. The zero-order chi connectivity index (χ0) is 13.5. The van der Waals surface area contributed by atoms with E-state index < -0.39 is 0 Å². The Bertz CT molecular complexity index is 373. The average molecular weight is 318 g/mol. The van der Waals surface area contributed by atoms with Gasteiger partial charge in [0, 0.05) is 17.6 Å². The van der Waals surface area contributed by atoms with Gasteiger partial charge in [-0.3, -0.25) is 0 Å². The molecule has 0 radical (unpaired) electrons. The Balaban J connectivity index is 2.59. The van der Waals surface area contributed by atoms with Gasteiger partial charge in [-0.1, -0.05) is 15.9 Å². The zero-order valence-electron chi connectivity index (χ0n) is 11.2. The minimum absolute atomic E-state index is 0.187. The third-order valence-electron chi connectivity index (χ3n) is 3.21. The lowest BCUT2D eigenvalue weighted by molar-refractivity contribution is 0.106. The van der Waals surface area contributed by atoms with Crippen LogP contribution >= 0.6 is 15.9 Å². The van der Waals surface area contributed by atoms with Crippen LogP contribution in [0.5, 0.6) is 0 Å². The fourth-order valence-corrected chi connectivity index (χ4v) is 2.28. The van der Waals surface area contributed by atoms with Gasteiger partial charge in [0.1, 0.15) is 5.82 Å². The number of ether oxygens (including phenoxy) is 1. The molecule has 0 saturated carbocycles. The molecular formula is C14H21BrFNO. The molecular weight excluding hydrogens is 297 g/mol. The quantitative estimate of drug-likeness (QED) is 0.830. The van der Waals surface area contributed by atoms with E-state index in [1.165, 1.54) is 6.07 Å². The molecule has 1 aromatic rings. The zero-order valence-corrected chi connectivity index (χ0v) is 12.8. The SMILES string of the molecule is CNC(CCC(C)OC)Cc1cc(F)ccc1Br. The molecule has 0 aromatic heterocycles. The normalized spacial score (nSPS) is 14.5. The summed E-state index contributed by atoms with van der Waals surface area (Å²) < 4.78 is 19.4. The molecule has 0 heterocycles. The van der Waals surface area contributed by atoms with Gasteiger partial charge in [-0.25, -0.2) is 4.39 Å². The molecule has 0 fully saturated rings. The van der Waals surface area contributed by atoms with Crippen LogP contribution in [0.15, 0.2) is 22.7 Å². The lowest BCUT2D eigenvalue weighted by Crippen LogP contribution is -2.29. The van der Waals surface area contributed by atoms with E-state index in [4.69, 9.17) is 4.74 Å². The standard InChI is InChI=1S/C14H21BrFNO/c1-10(18-3)4-6-13(17-2)9-11-8-12(16)5-7-14(11)15/h5,7-8,10,13,17H,4,6,9H2,1-3H3. The molecule has 1 N–H and O–H groups in total. The van der Waals surface area contributed by atoms with Crippen LogP contribution in [0.1, 0.15) is 25.3 Å².